The maximum Gasteiger partial charge on any atom is 0.315 e. The van der Waals surface area contributed by atoms with Crippen LogP contribution in [0, 0.1) is 16.0 Å². The number of benzene rings is 2. The fraction of sp³-hybridized carbons (Fsp3) is 0.320. The van der Waals surface area contributed by atoms with E-state index < -0.39 is 22.7 Å². The summed E-state index contributed by atoms with van der Waals surface area (Å²) < 4.78 is 10.2. The lowest BCUT2D eigenvalue weighted by Gasteiger charge is -2.36. The van der Waals surface area contributed by atoms with Crippen molar-refractivity contribution in [2.24, 2.45) is 10.9 Å². The summed E-state index contributed by atoms with van der Waals surface area (Å²) in [6.45, 7) is 1.73. The number of nitro groups is 1. The zero-order chi connectivity index (χ0) is 23.7. The van der Waals surface area contributed by atoms with Gasteiger partial charge in [-0.2, -0.15) is 0 Å². The molecule has 0 saturated heterocycles. The van der Waals surface area contributed by atoms with E-state index in [1.165, 1.54) is 19.2 Å². The highest BCUT2D eigenvalue weighted by Gasteiger charge is 2.44. The van der Waals surface area contributed by atoms with Crippen LogP contribution in [-0.2, 0) is 14.3 Å². The van der Waals surface area contributed by atoms with E-state index in [2.05, 4.69) is 4.99 Å². The van der Waals surface area contributed by atoms with Gasteiger partial charge in [0, 0.05) is 41.5 Å². The molecule has 2 aromatic rings. The second-order valence-electron chi connectivity index (χ2n) is 8.25. The third-order valence-corrected chi connectivity index (χ3v) is 6.37. The lowest BCUT2D eigenvalue weighted by molar-refractivity contribution is -0.384. The monoisotopic (exact) mass is 448 g/mol. The van der Waals surface area contributed by atoms with E-state index in [1.807, 2.05) is 24.3 Å². The lowest BCUT2D eigenvalue weighted by atomic mass is 9.69. The molecule has 0 spiro atoms. The van der Waals surface area contributed by atoms with E-state index in [4.69, 9.17) is 9.47 Å². The number of esters is 1. The Kier molecular flexibility index (Phi) is 6.09. The minimum Gasteiger partial charge on any atom is -0.497 e. The molecule has 4 rings (SSSR count). The molecule has 2 aromatic carbocycles. The highest BCUT2D eigenvalue weighted by molar-refractivity contribution is 6.09. The molecule has 0 aromatic heterocycles. The van der Waals surface area contributed by atoms with Crippen LogP contribution in [0.25, 0.3) is 0 Å². The average Bonchev–Trinajstić information content (AvgIpc) is 2.82. The second kappa shape index (κ2) is 8.97. The molecule has 1 aliphatic heterocycles. The molecule has 0 radical (unpaired) electrons. The Morgan fingerprint density at radius 2 is 1.82 bits per heavy atom. The topological polar surface area (TPSA) is 108 Å². The van der Waals surface area contributed by atoms with Gasteiger partial charge in [-0.15, -0.1) is 0 Å². The third kappa shape index (κ3) is 4.16. The van der Waals surface area contributed by atoms with Gasteiger partial charge in [0.2, 0.25) is 0 Å². The Morgan fingerprint density at radius 1 is 1.09 bits per heavy atom. The normalized spacial score (nSPS) is 22.3. The van der Waals surface area contributed by atoms with Crippen LogP contribution in [0.5, 0.6) is 5.75 Å². The number of carbonyl (C=O) groups excluding carboxylic acids is 2. The summed E-state index contributed by atoms with van der Waals surface area (Å²) in [4.78, 5) is 41.7. The summed E-state index contributed by atoms with van der Waals surface area (Å²) >= 11 is 0. The van der Waals surface area contributed by atoms with Crippen LogP contribution in [0.1, 0.15) is 42.7 Å². The van der Waals surface area contributed by atoms with Crippen molar-refractivity contribution in [1.29, 1.82) is 0 Å². The van der Waals surface area contributed by atoms with Crippen molar-refractivity contribution in [3.8, 4) is 5.75 Å². The highest BCUT2D eigenvalue weighted by Crippen LogP contribution is 2.47. The molecule has 8 heteroatoms. The maximum absolute atomic E-state index is 13.5. The first-order valence-corrected chi connectivity index (χ1v) is 10.6. The second-order valence-corrected chi connectivity index (χ2v) is 8.25. The fourth-order valence-electron chi connectivity index (χ4n) is 4.80. The summed E-state index contributed by atoms with van der Waals surface area (Å²) in [5, 5.41) is 11.4. The van der Waals surface area contributed by atoms with Crippen LogP contribution in [0.4, 0.5) is 5.69 Å². The minimum atomic E-state index is -0.822. The van der Waals surface area contributed by atoms with Crippen molar-refractivity contribution < 1.29 is 24.0 Å². The zero-order valence-electron chi connectivity index (χ0n) is 18.6. The van der Waals surface area contributed by atoms with Gasteiger partial charge in [0.05, 0.1) is 19.1 Å². The molecule has 170 valence electrons. The molecule has 0 saturated carbocycles. The van der Waals surface area contributed by atoms with Gasteiger partial charge in [-0.3, -0.25) is 24.7 Å². The molecular formula is C25H24N2O6. The first kappa shape index (κ1) is 22.4. The Hall–Kier alpha value is -3.81. The van der Waals surface area contributed by atoms with Crippen molar-refractivity contribution in [3.05, 3.63) is 81.0 Å². The number of Topliss-reactive ketones (excluding diaryl/α,β-unsaturated/α-hetero) is 1. The third-order valence-electron chi connectivity index (χ3n) is 6.37. The number of rotatable bonds is 5. The standard InChI is InChI=1S/C25H24N2O6/c1-14-22(25(29)33-3)23(16-5-4-6-18(11-16)27(30)31)24-20(26-14)12-17(13-21(24)28)15-7-9-19(32-2)10-8-15/h4-11,17,22-23H,12-13H2,1-3H3/t17-,22?,23+/m0/s1. The van der Waals surface area contributed by atoms with Gasteiger partial charge in [-0.05, 0) is 42.5 Å². The van der Waals surface area contributed by atoms with Crippen LogP contribution >= 0.6 is 0 Å². The van der Waals surface area contributed by atoms with Crippen molar-refractivity contribution in [2.45, 2.75) is 31.6 Å². The number of nitro benzene ring substituents is 1. The molecule has 0 fully saturated rings. The number of allylic oxidation sites excluding steroid dienone is 2. The lowest BCUT2D eigenvalue weighted by Crippen LogP contribution is -2.37. The number of methoxy groups -OCH3 is 2. The van der Waals surface area contributed by atoms with Crippen molar-refractivity contribution in [2.75, 3.05) is 14.2 Å². The molecule has 2 aliphatic rings. The molecule has 0 N–H and O–H groups in total. The summed E-state index contributed by atoms with van der Waals surface area (Å²) in [5.41, 5.74) is 3.03. The predicted molar refractivity (Wildman–Crippen MR) is 121 cm³/mol. The average molecular weight is 448 g/mol. The van der Waals surface area contributed by atoms with E-state index in [1.54, 1.807) is 26.2 Å². The maximum atomic E-state index is 13.5. The summed E-state index contributed by atoms with van der Waals surface area (Å²) in [6, 6.07) is 13.7. The van der Waals surface area contributed by atoms with Crippen molar-refractivity contribution in [1.82, 2.24) is 0 Å². The summed E-state index contributed by atoms with van der Waals surface area (Å²) in [6.07, 6.45) is 0.795. The Balaban J connectivity index is 1.80. The van der Waals surface area contributed by atoms with Gasteiger partial charge in [-0.25, -0.2) is 0 Å². The van der Waals surface area contributed by atoms with E-state index in [0.29, 0.717) is 29.0 Å². The molecule has 1 unspecified atom stereocenters. The van der Waals surface area contributed by atoms with Crippen LogP contribution in [0.2, 0.25) is 0 Å². The molecular weight excluding hydrogens is 424 g/mol. The number of hydrogen-bond acceptors (Lipinski definition) is 7. The van der Waals surface area contributed by atoms with Crippen molar-refractivity contribution in [3.63, 3.8) is 0 Å². The van der Waals surface area contributed by atoms with Gasteiger partial charge in [0.1, 0.15) is 11.7 Å². The largest absolute Gasteiger partial charge is 0.497 e. The number of aliphatic imine (C=N–C) groups is 1. The predicted octanol–water partition coefficient (Wildman–Crippen LogP) is 4.35. The number of hydrogen-bond donors (Lipinski definition) is 0. The minimum absolute atomic E-state index is 0.0563. The Bertz CT molecular complexity index is 1180. The van der Waals surface area contributed by atoms with Crippen LogP contribution in [-0.4, -0.2) is 36.6 Å². The van der Waals surface area contributed by atoms with E-state index in [9.17, 15) is 19.7 Å². The molecule has 0 bridgehead atoms. The van der Waals surface area contributed by atoms with Gasteiger partial charge >= 0.3 is 5.97 Å². The fourth-order valence-corrected chi connectivity index (χ4v) is 4.80. The molecule has 0 amide bonds. The quantitative estimate of drug-likeness (QED) is 0.382. The Morgan fingerprint density at radius 3 is 2.45 bits per heavy atom. The van der Waals surface area contributed by atoms with Gasteiger partial charge in [0.15, 0.2) is 5.78 Å². The number of ether oxygens (including phenoxy) is 2. The number of non-ortho nitro benzene ring substituents is 1. The van der Waals surface area contributed by atoms with Gasteiger partial charge in [-0.1, -0.05) is 24.3 Å². The van der Waals surface area contributed by atoms with Gasteiger partial charge < -0.3 is 9.47 Å². The highest BCUT2D eigenvalue weighted by atomic mass is 16.6. The van der Waals surface area contributed by atoms with Crippen LogP contribution in [0.3, 0.4) is 0 Å². The molecule has 1 heterocycles. The summed E-state index contributed by atoms with van der Waals surface area (Å²) in [5.74, 6) is -1.47. The first-order valence-electron chi connectivity index (χ1n) is 10.6. The number of carbonyl (C=O) groups is 2. The van der Waals surface area contributed by atoms with Gasteiger partial charge in [0.25, 0.3) is 5.69 Å². The SMILES string of the molecule is COC(=O)C1C(C)=NC2=C(C(=O)C[C@@H](c3ccc(OC)cc3)C2)[C@@H]1c1cccc([N+](=O)[O-])c1. The van der Waals surface area contributed by atoms with E-state index >= 15 is 0 Å². The van der Waals surface area contributed by atoms with Crippen LogP contribution in [0.15, 0.2) is 64.8 Å². The number of nitrogens with zero attached hydrogens (tertiary/aromatic N) is 2. The smallest absolute Gasteiger partial charge is 0.315 e. The molecule has 3 atom stereocenters. The zero-order valence-corrected chi connectivity index (χ0v) is 18.6. The Labute approximate surface area is 191 Å². The molecule has 1 aliphatic carbocycles. The molecule has 8 nitrogen and oxygen atoms in total. The molecule has 33 heavy (non-hydrogen) atoms. The van der Waals surface area contributed by atoms with E-state index in [-0.39, 0.29) is 23.8 Å². The van der Waals surface area contributed by atoms with Crippen molar-refractivity contribution >= 4 is 23.2 Å². The van der Waals surface area contributed by atoms with E-state index in [0.717, 1.165) is 11.3 Å². The number of ketones is 1. The van der Waals surface area contributed by atoms with Crippen LogP contribution < -0.4 is 4.74 Å². The first-order chi connectivity index (χ1) is 15.8. The summed E-state index contributed by atoms with van der Waals surface area (Å²) in [7, 11) is 2.88.